The lowest BCUT2D eigenvalue weighted by Crippen LogP contribution is -2.50. The van der Waals surface area contributed by atoms with Crippen LogP contribution in [0.4, 0.5) is 5.69 Å². The van der Waals surface area contributed by atoms with Crippen molar-refractivity contribution in [2.75, 3.05) is 24.5 Å². The van der Waals surface area contributed by atoms with Gasteiger partial charge in [-0.2, -0.15) is 0 Å². The monoisotopic (exact) mass is 177 g/mol. The molecule has 0 amide bonds. The van der Waals surface area contributed by atoms with Gasteiger partial charge in [0.25, 0.3) is 0 Å². The number of hydrogen-bond acceptors (Lipinski definition) is 3. The van der Waals surface area contributed by atoms with Crippen molar-refractivity contribution in [3.8, 4) is 0 Å². The van der Waals surface area contributed by atoms with Crippen molar-refractivity contribution in [3.05, 3.63) is 24.0 Å². The van der Waals surface area contributed by atoms with E-state index in [1.807, 2.05) is 12.4 Å². The van der Waals surface area contributed by atoms with Crippen molar-refractivity contribution in [1.82, 2.24) is 4.98 Å². The topological polar surface area (TPSA) is 42.2 Å². The van der Waals surface area contributed by atoms with Gasteiger partial charge in [0.2, 0.25) is 0 Å². The smallest absolute Gasteiger partial charge is 0.0427 e. The Balaban J connectivity index is 2.07. The summed E-state index contributed by atoms with van der Waals surface area (Å²) in [4.78, 5) is 6.43. The zero-order valence-electron chi connectivity index (χ0n) is 7.90. The molecule has 1 fully saturated rings. The van der Waals surface area contributed by atoms with E-state index in [4.69, 9.17) is 5.73 Å². The fraction of sp³-hybridized carbons (Fsp3) is 0.500. The molecular weight excluding hydrogens is 162 g/mol. The summed E-state index contributed by atoms with van der Waals surface area (Å²) in [5.41, 5.74) is 8.13. The fourth-order valence-electron chi connectivity index (χ4n) is 1.74. The second-order valence-electron chi connectivity index (χ2n) is 3.67. The lowest BCUT2D eigenvalue weighted by atomic mass is 9.99. The van der Waals surface area contributed by atoms with Crippen LogP contribution in [0.2, 0.25) is 0 Å². The van der Waals surface area contributed by atoms with Gasteiger partial charge in [0.05, 0.1) is 0 Å². The highest BCUT2D eigenvalue weighted by Gasteiger charge is 2.26. The first kappa shape index (κ1) is 8.51. The number of rotatable bonds is 2. The third-order valence-corrected chi connectivity index (χ3v) is 2.62. The predicted octanol–water partition coefficient (Wildman–Crippen LogP) is 0.785. The molecule has 1 aliphatic heterocycles. The maximum atomic E-state index is 5.57. The molecule has 0 aliphatic carbocycles. The molecule has 70 valence electrons. The van der Waals surface area contributed by atoms with Crippen LogP contribution >= 0.6 is 0 Å². The Labute approximate surface area is 78.6 Å². The third-order valence-electron chi connectivity index (χ3n) is 2.62. The molecule has 0 radical (unpaired) electrons. The minimum atomic E-state index is 0.688. The summed E-state index contributed by atoms with van der Waals surface area (Å²) in [5.74, 6) is 0.688. The van der Waals surface area contributed by atoms with Crippen LogP contribution in [0.25, 0.3) is 0 Å². The molecule has 0 aromatic carbocycles. The Morgan fingerprint density at radius 1 is 1.62 bits per heavy atom. The SMILES string of the molecule is Cc1cnccc1N1CC(CN)C1. The van der Waals surface area contributed by atoms with Gasteiger partial charge in [-0.05, 0) is 25.1 Å². The van der Waals surface area contributed by atoms with E-state index in [1.54, 1.807) is 0 Å². The summed E-state index contributed by atoms with van der Waals surface area (Å²) in [7, 11) is 0. The summed E-state index contributed by atoms with van der Waals surface area (Å²) in [6, 6.07) is 2.07. The standard InChI is InChI=1S/C10H15N3/c1-8-5-12-3-2-10(8)13-6-9(4-11)7-13/h2-3,5,9H,4,6-7,11H2,1H3. The normalized spacial score (nSPS) is 17.2. The molecule has 0 saturated carbocycles. The molecule has 2 N–H and O–H groups in total. The van der Waals surface area contributed by atoms with Crippen LogP contribution in [0.15, 0.2) is 18.5 Å². The van der Waals surface area contributed by atoms with E-state index in [-0.39, 0.29) is 0 Å². The van der Waals surface area contributed by atoms with Crippen molar-refractivity contribution in [2.45, 2.75) is 6.92 Å². The number of nitrogens with two attached hydrogens (primary N) is 1. The first-order chi connectivity index (χ1) is 6.31. The third kappa shape index (κ3) is 1.52. The maximum Gasteiger partial charge on any atom is 0.0427 e. The van der Waals surface area contributed by atoms with Crippen LogP contribution in [-0.4, -0.2) is 24.6 Å². The largest absolute Gasteiger partial charge is 0.370 e. The van der Waals surface area contributed by atoms with Gasteiger partial charge in [0.1, 0.15) is 0 Å². The van der Waals surface area contributed by atoms with Crippen LogP contribution in [0.5, 0.6) is 0 Å². The zero-order chi connectivity index (χ0) is 9.26. The zero-order valence-corrected chi connectivity index (χ0v) is 7.90. The van der Waals surface area contributed by atoms with E-state index in [0.717, 1.165) is 19.6 Å². The van der Waals surface area contributed by atoms with E-state index in [2.05, 4.69) is 22.9 Å². The molecule has 1 aliphatic rings. The van der Waals surface area contributed by atoms with Crippen LogP contribution in [0.1, 0.15) is 5.56 Å². The van der Waals surface area contributed by atoms with Gasteiger partial charge in [-0.1, -0.05) is 0 Å². The Morgan fingerprint density at radius 3 is 3.00 bits per heavy atom. The van der Waals surface area contributed by atoms with E-state index in [0.29, 0.717) is 5.92 Å². The van der Waals surface area contributed by atoms with E-state index in [1.165, 1.54) is 11.3 Å². The highest BCUT2D eigenvalue weighted by Crippen LogP contribution is 2.25. The number of nitrogens with zero attached hydrogens (tertiary/aromatic N) is 2. The first-order valence-corrected chi connectivity index (χ1v) is 4.67. The maximum absolute atomic E-state index is 5.57. The number of aromatic nitrogens is 1. The molecule has 0 unspecified atom stereocenters. The Kier molecular flexibility index (Phi) is 2.19. The number of aryl methyl sites for hydroxylation is 1. The minimum Gasteiger partial charge on any atom is -0.370 e. The number of pyridine rings is 1. The van der Waals surface area contributed by atoms with Crippen LogP contribution in [0.3, 0.4) is 0 Å². The van der Waals surface area contributed by atoms with Crippen molar-refractivity contribution in [3.63, 3.8) is 0 Å². The van der Waals surface area contributed by atoms with E-state index in [9.17, 15) is 0 Å². The molecule has 0 atom stereocenters. The molecule has 2 rings (SSSR count). The van der Waals surface area contributed by atoms with Crippen LogP contribution < -0.4 is 10.6 Å². The van der Waals surface area contributed by atoms with Crippen molar-refractivity contribution < 1.29 is 0 Å². The molecule has 3 nitrogen and oxygen atoms in total. The molecule has 0 spiro atoms. The van der Waals surface area contributed by atoms with Crippen LogP contribution in [0, 0.1) is 12.8 Å². The summed E-state index contributed by atoms with van der Waals surface area (Å²) < 4.78 is 0. The second-order valence-corrected chi connectivity index (χ2v) is 3.67. The lowest BCUT2D eigenvalue weighted by Gasteiger charge is -2.41. The first-order valence-electron chi connectivity index (χ1n) is 4.67. The number of anilines is 1. The van der Waals surface area contributed by atoms with Gasteiger partial charge < -0.3 is 10.6 Å². The Hall–Kier alpha value is -1.09. The van der Waals surface area contributed by atoms with E-state index >= 15 is 0 Å². The van der Waals surface area contributed by atoms with Gasteiger partial charge in [-0.3, -0.25) is 4.98 Å². The van der Waals surface area contributed by atoms with Gasteiger partial charge in [0, 0.05) is 37.1 Å². The quantitative estimate of drug-likeness (QED) is 0.726. The molecule has 13 heavy (non-hydrogen) atoms. The van der Waals surface area contributed by atoms with Crippen molar-refractivity contribution in [2.24, 2.45) is 11.7 Å². The lowest BCUT2D eigenvalue weighted by molar-refractivity contribution is 0.419. The molecule has 0 bridgehead atoms. The average Bonchev–Trinajstić information content (AvgIpc) is 2.06. The van der Waals surface area contributed by atoms with E-state index < -0.39 is 0 Å². The van der Waals surface area contributed by atoms with Crippen molar-refractivity contribution in [1.29, 1.82) is 0 Å². The van der Waals surface area contributed by atoms with Gasteiger partial charge >= 0.3 is 0 Å². The number of hydrogen-bond donors (Lipinski definition) is 1. The Bertz CT molecular complexity index is 292. The predicted molar refractivity (Wildman–Crippen MR) is 53.7 cm³/mol. The molecule has 1 saturated heterocycles. The summed E-state index contributed by atoms with van der Waals surface area (Å²) in [6.45, 7) is 5.10. The molecular formula is C10H15N3. The highest BCUT2D eigenvalue weighted by atomic mass is 15.2. The van der Waals surface area contributed by atoms with Gasteiger partial charge in [0.15, 0.2) is 0 Å². The summed E-state index contributed by atoms with van der Waals surface area (Å²) in [6.07, 6.45) is 3.75. The van der Waals surface area contributed by atoms with Gasteiger partial charge in [-0.25, -0.2) is 0 Å². The van der Waals surface area contributed by atoms with Crippen LogP contribution in [-0.2, 0) is 0 Å². The molecule has 3 heteroatoms. The minimum absolute atomic E-state index is 0.688. The average molecular weight is 177 g/mol. The summed E-state index contributed by atoms with van der Waals surface area (Å²) >= 11 is 0. The second kappa shape index (κ2) is 3.34. The van der Waals surface area contributed by atoms with Gasteiger partial charge in [-0.15, -0.1) is 0 Å². The van der Waals surface area contributed by atoms with Crippen molar-refractivity contribution >= 4 is 5.69 Å². The Morgan fingerprint density at radius 2 is 2.38 bits per heavy atom. The fourth-order valence-corrected chi connectivity index (χ4v) is 1.74. The highest BCUT2D eigenvalue weighted by molar-refractivity contribution is 5.53. The molecule has 1 aromatic rings. The molecule has 2 heterocycles. The molecule has 1 aromatic heterocycles. The summed E-state index contributed by atoms with van der Waals surface area (Å²) in [5, 5.41) is 0.